The lowest BCUT2D eigenvalue weighted by atomic mass is 9.84. The van der Waals surface area contributed by atoms with Gasteiger partial charge in [-0.3, -0.25) is 4.79 Å². The molecule has 1 aliphatic rings. The van der Waals surface area contributed by atoms with Crippen molar-refractivity contribution in [3.63, 3.8) is 0 Å². The fraction of sp³-hybridized carbons (Fsp3) is 0.846. The van der Waals surface area contributed by atoms with Gasteiger partial charge < -0.3 is 16.3 Å². The SMILES string of the molecule is CCC1CCC(NC(=O)C(CC)C(N)=NO)CC1. The van der Waals surface area contributed by atoms with Gasteiger partial charge in [-0.25, -0.2) is 0 Å². The lowest BCUT2D eigenvalue weighted by Gasteiger charge is -2.29. The van der Waals surface area contributed by atoms with Crippen LogP contribution < -0.4 is 11.1 Å². The lowest BCUT2D eigenvalue weighted by molar-refractivity contribution is -0.124. The van der Waals surface area contributed by atoms with Crippen molar-refractivity contribution in [2.75, 3.05) is 0 Å². The number of rotatable bonds is 5. The van der Waals surface area contributed by atoms with Crippen LogP contribution in [0.5, 0.6) is 0 Å². The minimum atomic E-state index is -0.515. The average Bonchev–Trinajstić information content (AvgIpc) is 2.40. The van der Waals surface area contributed by atoms with Crippen LogP contribution in [0.1, 0.15) is 52.4 Å². The standard InChI is InChI=1S/C13H25N3O2/c1-3-9-5-7-10(8-6-9)15-13(17)11(4-2)12(14)16-18/h9-11,18H,3-8H2,1-2H3,(H2,14,16)(H,15,17). The highest BCUT2D eigenvalue weighted by atomic mass is 16.4. The summed E-state index contributed by atoms with van der Waals surface area (Å²) in [6.07, 6.45) is 6.21. The van der Waals surface area contributed by atoms with Crippen molar-refractivity contribution >= 4 is 11.7 Å². The van der Waals surface area contributed by atoms with Crippen LogP contribution in [0.4, 0.5) is 0 Å². The number of amides is 1. The third-order valence-corrected chi connectivity index (χ3v) is 3.97. The fourth-order valence-corrected chi connectivity index (χ4v) is 2.62. The van der Waals surface area contributed by atoms with E-state index in [1.807, 2.05) is 6.92 Å². The molecule has 1 saturated carbocycles. The van der Waals surface area contributed by atoms with Gasteiger partial charge in [0.15, 0.2) is 5.84 Å². The van der Waals surface area contributed by atoms with Gasteiger partial charge in [0.1, 0.15) is 0 Å². The molecule has 1 aliphatic carbocycles. The number of nitrogens with one attached hydrogen (secondary N) is 1. The topological polar surface area (TPSA) is 87.7 Å². The first kappa shape index (κ1) is 14.8. The van der Waals surface area contributed by atoms with Crippen LogP contribution in [-0.2, 0) is 4.79 Å². The quantitative estimate of drug-likeness (QED) is 0.303. The maximum atomic E-state index is 12.0. The third-order valence-electron chi connectivity index (χ3n) is 3.97. The highest BCUT2D eigenvalue weighted by Crippen LogP contribution is 2.26. The Morgan fingerprint density at radius 3 is 2.44 bits per heavy atom. The second-order valence-electron chi connectivity index (χ2n) is 5.12. The predicted molar refractivity (Wildman–Crippen MR) is 71.4 cm³/mol. The molecule has 18 heavy (non-hydrogen) atoms. The number of oxime groups is 1. The summed E-state index contributed by atoms with van der Waals surface area (Å²) in [4.78, 5) is 12.0. The maximum absolute atomic E-state index is 12.0. The summed E-state index contributed by atoms with van der Waals surface area (Å²) in [7, 11) is 0. The van der Waals surface area contributed by atoms with E-state index in [-0.39, 0.29) is 17.8 Å². The number of amidine groups is 1. The molecular formula is C13H25N3O2. The van der Waals surface area contributed by atoms with Gasteiger partial charge in [0, 0.05) is 6.04 Å². The van der Waals surface area contributed by atoms with E-state index in [9.17, 15) is 4.79 Å². The highest BCUT2D eigenvalue weighted by molar-refractivity contribution is 6.02. The Labute approximate surface area is 109 Å². The van der Waals surface area contributed by atoms with Crippen molar-refractivity contribution in [3.8, 4) is 0 Å². The molecule has 4 N–H and O–H groups in total. The molecule has 1 atom stereocenters. The molecule has 0 aromatic carbocycles. The van der Waals surface area contributed by atoms with E-state index in [2.05, 4.69) is 17.4 Å². The van der Waals surface area contributed by atoms with E-state index in [1.54, 1.807) is 0 Å². The molecule has 1 unspecified atom stereocenters. The zero-order valence-corrected chi connectivity index (χ0v) is 11.4. The van der Waals surface area contributed by atoms with Crippen LogP contribution in [0, 0.1) is 11.8 Å². The second-order valence-corrected chi connectivity index (χ2v) is 5.12. The number of hydrogen-bond acceptors (Lipinski definition) is 3. The van der Waals surface area contributed by atoms with E-state index in [1.165, 1.54) is 19.3 Å². The van der Waals surface area contributed by atoms with Crippen LogP contribution >= 0.6 is 0 Å². The van der Waals surface area contributed by atoms with E-state index < -0.39 is 5.92 Å². The molecule has 0 bridgehead atoms. The summed E-state index contributed by atoms with van der Waals surface area (Å²) in [5, 5.41) is 14.6. The Morgan fingerprint density at radius 2 is 2.00 bits per heavy atom. The van der Waals surface area contributed by atoms with Crippen LogP contribution in [0.25, 0.3) is 0 Å². The van der Waals surface area contributed by atoms with E-state index in [0.29, 0.717) is 6.42 Å². The Bertz CT molecular complexity index is 297. The van der Waals surface area contributed by atoms with Gasteiger partial charge in [-0.15, -0.1) is 0 Å². The molecule has 0 saturated heterocycles. The number of nitrogens with two attached hydrogens (primary N) is 1. The summed E-state index contributed by atoms with van der Waals surface area (Å²) in [5.74, 6) is 0.174. The maximum Gasteiger partial charge on any atom is 0.231 e. The number of carbonyl (C=O) groups excluding carboxylic acids is 1. The second kappa shape index (κ2) is 7.24. The third kappa shape index (κ3) is 3.89. The molecule has 0 heterocycles. The van der Waals surface area contributed by atoms with Gasteiger partial charge >= 0.3 is 0 Å². The van der Waals surface area contributed by atoms with E-state index in [0.717, 1.165) is 18.8 Å². The van der Waals surface area contributed by atoms with Crippen LogP contribution in [-0.4, -0.2) is 23.0 Å². The highest BCUT2D eigenvalue weighted by Gasteiger charge is 2.26. The first-order valence-electron chi connectivity index (χ1n) is 6.90. The van der Waals surface area contributed by atoms with Crippen molar-refractivity contribution < 1.29 is 10.0 Å². The summed E-state index contributed by atoms with van der Waals surface area (Å²) < 4.78 is 0. The fourth-order valence-electron chi connectivity index (χ4n) is 2.62. The summed E-state index contributed by atoms with van der Waals surface area (Å²) in [6, 6.07) is 0.251. The Hall–Kier alpha value is -1.26. The molecule has 0 spiro atoms. The van der Waals surface area contributed by atoms with Crippen molar-refractivity contribution in [1.82, 2.24) is 5.32 Å². The van der Waals surface area contributed by atoms with E-state index in [4.69, 9.17) is 10.9 Å². The summed E-state index contributed by atoms with van der Waals surface area (Å²) in [6.45, 7) is 4.07. The van der Waals surface area contributed by atoms with Crippen LogP contribution in [0.15, 0.2) is 5.16 Å². The Kier molecular flexibility index (Phi) is 5.95. The van der Waals surface area contributed by atoms with E-state index >= 15 is 0 Å². The Balaban J connectivity index is 2.45. The zero-order valence-electron chi connectivity index (χ0n) is 11.4. The van der Waals surface area contributed by atoms with Crippen molar-refractivity contribution in [2.24, 2.45) is 22.7 Å². The van der Waals surface area contributed by atoms with Crippen molar-refractivity contribution in [2.45, 2.75) is 58.4 Å². The molecule has 5 nitrogen and oxygen atoms in total. The zero-order chi connectivity index (χ0) is 13.5. The molecule has 0 aromatic rings. The van der Waals surface area contributed by atoms with Crippen molar-refractivity contribution in [1.29, 1.82) is 0 Å². The molecule has 5 heteroatoms. The predicted octanol–water partition coefficient (Wildman–Crippen LogP) is 1.84. The summed E-state index contributed by atoms with van der Waals surface area (Å²) >= 11 is 0. The van der Waals surface area contributed by atoms with Gasteiger partial charge in [-0.1, -0.05) is 25.4 Å². The Morgan fingerprint density at radius 1 is 1.39 bits per heavy atom. The van der Waals surface area contributed by atoms with Gasteiger partial charge in [-0.05, 0) is 38.0 Å². The minimum Gasteiger partial charge on any atom is -0.409 e. The molecule has 0 aromatic heterocycles. The van der Waals surface area contributed by atoms with Gasteiger partial charge in [-0.2, -0.15) is 0 Å². The first-order valence-corrected chi connectivity index (χ1v) is 6.90. The lowest BCUT2D eigenvalue weighted by Crippen LogP contribution is -2.44. The summed E-state index contributed by atoms with van der Waals surface area (Å²) in [5.41, 5.74) is 5.52. The van der Waals surface area contributed by atoms with Crippen molar-refractivity contribution in [3.05, 3.63) is 0 Å². The molecule has 104 valence electrons. The molecule has 1 fully saturated rings. The van der Waals surface area contributed by atoms with Gasteiger partial charge in [0.25, 0.3) is 0 Å². The molecule has 1 rings (SSSR count). The smallest absolute Gasteiger partial charge is 0.231 e. The molecule has 1 amide bonds. The number of nitrogens with zero attached hydrogens (tertiary/aromatic N) is 1. The van der Waals surface area contributed by atoms with Gasteiger partial charge in [0.2, 0.25) is 5.91 Å². The van der Waals surface area contributed by atoms with Crippen LogP contribution in [0.3, 0.4) is 0 Å². The normalized spacial score (nSPS) is 26.7. The van der Waals surface area contributed by atoms with Crippen LogP contribution in [0.2, 0.25) is 0 Å². The largest absolute Gasteiger partial charge is 0.409 e. The molecular weight excluding hydrogens is 230 g/mol. The minimum absolute atomic E-state index is 0.00255. The monoisotopic (exact) mass is 255 g/mol. The number of hydrogen-bond donors (Lipinski definition) is 3. The van der Waals surface area contributed by atoms with Gasteiger partial charge in [0.05, 0.1) is 5.92 Å². The molecule has 0 aliphatic heterocycles. The molecule has 0 radical (unpaired) electrons. The first-order chi connectivity index (χ1) is 8.62. The average molecular weight is 255 g/mol. The number of carbonyl (C=O) groups is 1.